The van der Waals surface area contributed by atoms with Crippen LogP contribution >= 0.6 is 0 Å². The van der Waals surface area contributed by atoms with E-state index in [1.54, 1.807) is 45.0 Å². The Hall–Kier alpha value is -4.07. The molecule has 2 unspecified atom stereocenters. The maximum absolute atomic E-state index is 14.4. The fourth-order valence-corrected chi connectivity index (χ4v) is 4.64. The third-order valence-corrected chi connectivity index (χ3v) is 7.11. The molecular formula is C33H43N3O5. The molecule has 220 valence electrons. The van der Waals surface area contributed by atoms with Crippen LogP contribution in [-0.4, -0.2) is 45.1 Å². The van der Waals surface area contributed by atoms with Crippen molar-refractivity contribution in [1.82, 2.24) is 10.2 Å². The Kier molecular flexibility index (Phi) is 9.69. The topological polar surface area (TPSA) is 108 Å². The van der Waals surface area contributed by atoms with Crippen molar-refractivity contribution < 1.29 is 24.2 Å². The smallest absolute Gasteiger partial charge is 0.408 e. The number of para-hydroxylation sites is 1. The lowest BCUT2D eigenvalue weighted by Gasteiger charge is -2.45. The van der Waals surface area contributed by atoms with Gasteiger partial charge in [0, 0.05) is 16.8 Å². The molecule has 0 aromatic heterocycles. The molecule has 0 heterocycles. The molecule has 2 atom stereocenters. The van der Waals surface area contributed by atoms with Crippen LogP contribution < -0.4 is 10.6 Å². The molecule has 0 aliphatic heterocycles. The number of amides is 3. The molecule has 41 heavy (non-hydrogen) atoms. The van der Waals surface area contributed by atoms with Crippen molar-refractivity contribution >= 4 is 34.4 Å². The predicted octanol–water partition coefficient (Wildman–Crippen LogP) is 6.79. The number of nitrogens with zero attached hydrogens (tertiary/aromatic N) is 1. The SMILES string of the molecule is CCC(C)(C)N(C(=O)C(NC(=O)OC(C)(C)C)C(C)C)C(C(=O)Nc1ccc2ccccc2c1)c1ccccc1O. The molecule has 0 radical (unpaired) electrons. The lowest BCUT2D eigenvalue weighted by atomic mass is 9.90. The van der Waals surface area contributed by atoms with Crippen molar-refractivity contribution in [2.75, 3.05) is 5.32 Å². The Labute approximate surface area is 243 Å². The number of nitrogens with one attached hydrogen (secondary N) is 2. The van der Waals surface area contributed by atoms with E-state index in [2.05, 4.69) is 10.6 Å². The average molecular weight is 562 g/mol. The molecule has 0 bridgehead atoms. The Balaban J connectivity index is 2.11. The fourth-order valence-electron chi connectivity index (χ4n) is 4.64. The molecule has 0 spiro atoms. The second kappa shape index (κ2) is 12.6. The van der Waals surface area contributed by atoms with Crippen LogP contribution in [0.3, 0.4) is 0 Å². The number of fused-ring (bicyclic) bond motifs is 1. The standard InChI is InChI=1S/C33H43N3O5/c1-9-33(7,8)36(30(39)27(21(2)3)35-31(40)41-32(4,5)6)28(25-16-12-13-17-26(25)37)29(38)34-24-19-18-22-14-10-11-15-23(22)20-24/h10-21,27-28,37H,9H2,1-8H3,(H,34,38)(H,35,40). The number of hydrogen-bond acceptors (Lipinski definition) is 5. The minimum absolute atomic E-state index is 0.114. The van der Waals surface area contributed by atoms with Crippen molar-refractivity contribution in [3.05, 3.63) is 72.3 Å². The van der Waals surface area contributed by atoms with Crippen LogP contribution in [0.2, 0.25) is 0 Å². The van der Waals surface area contributed by atoms with Gasteiger partial charge in [-0.05, 0) is 75.9 Å². The van der Waals surface area contributed by atoms with Crippen molar-refractivity contribution in [3.63, 3.8) is 0 Å². The highest BCUT2D eigenvalue weighted by atomic mass is 16.6. The van der Waals surface area contributed by atoms with Gasteiger partial charge in [0.25, 0.3) is 5.91 Å². The summed E-state index contributed by atoms with van der Waals surface area (Å²) in [7, 11) is 0. The number of hydrogen-bond donors (Lipinski definition) is 3. The van der Waals surface area contributed by atoms with Crippen LogP contribution in [0, 0.1) is 5.92 Å². The largest absolute Gasteiger partial charge is 0.508 e. The van der Waals surface area contributed by atoms with Gasteiger partial charge in [0.05, 0.1) is 0 Å². The molecule has 8 heteroatoms. The monoisotopic (exact) mass is 561 g/mol. The van der Waals surface area contributed by atoms with E-state index >= 15 is 0 Å². The first-order valence-electron chi connectivity index (χ1n) is 14.0. The van der Waals surface area contributed by atoms with E-state index < -0.39 is 41.1 Å². The molecule has 0 fully saturated rings. The van der Waals surface area contributed by atoms with E-state index in [0.29, 0.717) is 12.1 Å². The lowest BCUT2D eigenvalue weighted by Crippen LogP contribution is -2.60. The Morgan fingerprint density at radius 2 is 1.51 bits per heavy atom. The van der Waals surface area contributed by atoms with Crippen LogP contribution in [0.15, 0.2) is 66.7 Å². The maximum atomic E-state index is 14.4. The number of phenolic OH excluding ortho intramolecular Hbond substituents is 1. The van der Waals surface area contributed by atoms with Gasteiger partial charge in [-0.1, -0.05) is 69.3 Å². The Morgan fingerprint density at radius 3 is 2.10 bits per heavy atom. The summed E-state index contributed by atoms with van der Waals surface area (Å²) in [5, 5.41) is 18.6. The fraction of sp³-hybridized carbons (Fsp3) is 0.424. The first-order valence-corrected chi connectivity index (χ1v) is 14.0. The summed E-state index contributed by atoms with van der Waals surface area (Å²) in [4.78, 5) is 42.9. The quantitative estimate of drug-likeness (QED) is 0.267. The molecule has 0 aliphatic carbocycles. The number of alkyl carbamates (subject to hydrolysis) is 1. The molecular weight excluding hydrogens is 518 g/mol. The van der Waals surface area contributed by atoms with Gasteiger partial charge in [0.2, 0.25) is 5.91 Å². The number of carbonyl (C=O) groups is 3. The van der Waals surface area contributed by atoms with Gasteiger partial charge >= 0.3 is 6.09 Å². The van der Waals surface area contributed by atoms with E-state index in [1.165, 1.54) is 11.0 Å². The van der Waals surface area contributed by atoms with E-state index in [1.807, 2.05) is 71.0 Å². The van der Waals surface area contributed by atoms with E-state index in [0.717, 1.165) is 10.8 Å². The number of benzene rings is 3. The van der Waals surface area contributed by atoms with Gasteiger partial charge in [-0.15, -0.1) is 0 Å². The first-order chi connectivity index (χ1) is 19.1. The number of carbonyl (C=O) groups excluding carboxylic acids is 3. The molecule has 8 nitrogen and oxygen atoms in total. The summed E-state index contributed by atoms with van der Waals surface area (Å²) < 4.78 is 5.45. The van der Waals surface area contributed by atoms with Crippen LogP contribution in [0.1, 0.15) is 73.4 Å². The average Bonchev–Trinajstić information content (AvgIpc) is 2.89. The summed E-state index contributed by atoms with van der Waals surface area (Å²) in [5.74, 6) is -1.38. The number of anilines is 1. The zero-order valence-corrected chi connectivity index (χ0v) is 25.3. The molecule has 0 saturated carbocycles. The predicted molar refractivity (Wildman–Crippen MR) is 163 cm³/mol. The Bertz CT molecular complexity index is 1390. The van der Waals surface area contributed by atoms with Crippen molar-refractivity contribution in [2.45, 2.75) is 85.0 Å². The number of ether oxygens (including phenoxy) is 1. The first kappa shape index (κ1) is 31.5. The molecule has 3 rings (SSSR count). The zero-order valence-electron chi connectivity index (χ0n) is 25.3. The summed E-state index contributed by atoms with van der Waals surface area (Å²) in [6.45, 7) is 14.5. The van der Waals surface area contributed by atoms with E-state index in [4.69, 9.17) is 4.74 Å². The molecule has 3 amide bonds. The number of aromatic hydroxyl groups is 1. The van der Waals surface area contributed by atoms with Crippen molar-refractivity contribution in [3.8, 4) is 5.75 Å². The van der Waals surface area contributed by atoms with Gasteiger partial charge in [0.15, 0.2) is 0 Å². The van der Waals surface area contributed by atoms with Crippen LogP contribution in [0.5, 0.6) is 5.75 Å². The third kappa shape index (κ3) is 7.78. The summed E-state index contributed by atoms with van der Waals surface area (Å²) in [6.07, 6.45) is -0.220. The Morgan fingerprint density at radius 1 is 0.902 bits per heavy atom. The third-order valence-electron chi connectivity index (χ3n) is 7.11. The van der Waals surface area contributed by atoms with Gasteiger partial charge < -0.3 is 25.4 Å². The second-order valence-corrected chi connectivity index (χ2v) is 12.3. The van der Waals surface area contributed by atoms with Crippen molar-refractivity contribution in [2.24, 2.45) is 5.92 Å². The highest BCUT2D eigenvalue weighted by Crippen LogP contribution is 2.37. The number of rotatable bonds is 9. The van der Waals surface area contributed by atoms with Crippen LogP contribution in [-0.2, 0) is 14.3 Å². The van der Waals surface area contributed by atoms with Crippen molar-refractivity contribution in [1.29, 1.82) is 0 Å². The summed E-state index contributed by atoms with van der Waals surface area (Å²) in [6, 6.07) is 17.7. The number of phenols is 1. The summed E-state index contributed by atoms with van der Waals surface area (Å²) >= 11 is 0. The molecule has 3 aromatic carbocycles. The van der Waals surface area contributed by atoms with Crippen LogP contribution in [0.25, 0.3) is 10.8 Å². The van der Waals surface area contributed by atoms with E-state index in [-0.39, 0.29) is 17.2 Å². The second-order valence-electron chi connectivity index (χ2n) is 12.3. The zero-order chi connectivity index (χ0) is 30.5. The minimum Gasteiger partial charge on any atom is -0.508 e. The van der Waals surface area contributed by atoms with Gasteiger partial charge in [-0.3, -0.25) is 9.59 Å². The van der Waals surface area contributed by atoms with Gasteiger partial charge in [-0.2, -0.15) is 0 Å². The van der Waals surface area contributed by atoms with Crippen LogP contribution in [0.4, 0.5) is 10.5 Å². The normalized spacial score (nSPS) is 13.4. The van der Waals surface area contributed by atoms with E-state index in [9.17, 15) is 19.5 Å². The molecule has 3 N–H and O–H groups in total. The summed E-state index contributed by atoms with van der Waals surface area (Å²) in [5.41, 5.74) is -0.758. The molecule has 3 aromatic rings. The highest BCUT2D eigenvalue weighted by Gasteiger charge is 2.44. The maximum Gasteiger partial charge on any atom is 0.408 e. The van der Waals surface area contributed by atoms with Gasteiger partial charge in [0.1, 0.15) is 23.4 Å². The van der Waals surface area contributed by atoms with Gasteiger partial charge in [-0.25, -0.2) is 4.79 Å². The minimum atomic E-state index is -1.20. The molecule has 0 aliphatic rings. The highest BCUT2D eigenvalue weighted by molar-refractivity contribution is 6.01. The lowest BCUT2D eigenvalue weighted by molar-refractivity contribution is -0.148. The molecule has 0 saturated heterocycles.